The highest BCUT2D eigenvalue weighted by Gasteiger charge is 2.24. The van der Waals surface area contributed by atoms with E-state index in [0.29, 0.717) is 12.1 Å². The van der Waals surface area contributed by atoms with Crippen molar-refractivity contribution in [3.05, 3.63) is 30.1 Å². The molecule has 1 fully saturated rings. The fourth-order valence-electron chi connectivity index (χ4n) is 3.33. The van der Waals surface area contributed by atoms with E-state index in [0.717, 1.165) is 13.0 Å². The minimum Gasteiger partial charge on any atom is -0.315 e. The molecule has 0 aromatic carbocycles. The Hall–Kier alpha value is -0.930. The van der Waals surface area contributed by atoms with Crippen LogP contribution in [0.3, 0.4) is 0 Å². The fraction of sp³-hybridized carbons (Fsp3) is 0.706. The van der Waals surface area contributed by atoms with Crippen molar-refractivity contribution in [2.45, 2.75) is 57.0 Å². The van der Waals surface area contributed by atoms with Crippen LogP contribution in [0.1, 0.15) is 44.2 Å². The molecule has 3 nitrogen and oxygen atoms in total. The highest BCUT2D eigenvalue weighted by Crippen LogP contribution is 2.21. The highest BCUT2D eigenvalue weighted by atomic mass is 15.2. The van der Waals surface area contributed by atoms with Gasteiger partial charge in [-0.15, -0.1) is 0 Å². The maximum absolute atomic E-state index is 4.43. The van der Waals surface area contributed by atoms with Crippen LogP contribution in [0.25, 0.3) is 0 Å². The lowest BCUT2D eigenvalue weighted by Crippen LogP contribution is -2.48. The number of nitrogens with one attached hydrogen (secondary N) is 1. The molecular weight excluding hydrogens is 246 g/mol. The molecule has 0 radical (unpaired) electrons. The molecule has 0 bridgehead atoms. The van der Waals surface area contributed by atoms with Gasteiger partial charge in [-0.05, 0) is 39.1 Å². The second-order valence-electron chi connectivity index (χ2n) is 6.01. The lowest BCUT2D eigenvalue weighted by molar-refractivity contribution is 0.168. The number of aromatic nitrogens is 1. The minimum atomic E-state index is 0.643. The highest BCUT2D eigenvalue weighted by molar-refractivity contribution is 5.04. The molecule has 1 aromatic rings. The normalized spacial score (nSPS) is 24.4. The van der Waals surface area contributed by atoms with Crippen molar-refractivity contribution < 1.29 is 0 Å². The van der Waals surface area contributed by atoms with Crippen molar-refractivity contribution in [3.8, 4) is 0 Å². The molecule has 0 amide bonds. The standard InChI is InChI=1S/C17H29N3/c1-18-16-10-5-3-4-6-11-17(16)20(2)14-12-15-9-7-8-13-19-15/h7-9,13,16-18H,3-6,10-12,14H2,1-2H3. The zero-order chi connectivity index (χ0) is 14.2. The average molecular weight is 275 g/mol. The molecule has 3 heteroatoms. The van der Waals surface area contributed by atoms with Crippen molar-refractivity contribution in [3.63, 3.8) is 0 Å². The largest absolute Gasteiger partial charge is 0.315 e. The quantitative estimate of drug-likeness (QED) is 0.895. The van der Waals surface area contributed by atoms with E-state index < -0.39 is 0 Å². The molecule has 0 aliphatic heterocycles. The Balaban J connectivity index is 1.89. The molecule has 1 aliphatic rings. The topological polar surface area (TPSA) is 28.2 Å². The Kier molecular flexibility index (Phi) is 6.48. The number of rotatable bonds is 5. The zero-order valence-electron chi connectivity index (χ0n) is 13.0. The van der Waals surface area contributed by atoms with E-state index in [1.54, 1.807) is 0 Å². The first-order valence-corrected chi connectivity index (χ1v) is 8.08. The van der Waals surface area contributed by atoms with Gasteiger partial charge < -0.3 is 10.2 Å². The number of pyridine rings is 1. The summed E-state index contributed by atoms with van der Waals surface area (Å²) in [5, 5.41) is 3.54. The van der Waals surface area contributed by atoms with Gasteiger partial charge in [-0.25, -0.2) is 0 Å². The Morgan fingerprint density at radius 1 is 1.20 bits per heavy atom. The summed E-state index contributed by atoms with van der Waals surface area (Å²) >= 11 is 0. The van der Waals surface area contributed by atoms with E-state index in [1.807, 2.05) is 12.3 Å². The third-order valence-corrected chi connectivity index (χ3v) is 4.61. The molecule has 112 valence electrons. The van der Waals surface area contributed by atoms with E-state index in [-0.39, 0.29) is 0 Å². The van der Waals surface area contributed by atoms with Gasteiger partial charge in [0, 0.05) is 36.9 Å². The van der Waals surface area contributed by atoms with Gasteiger partial charge in [-0.2, -0.15) is 0 Å². The number of hydrogen-bond donors (Lipinski definition) is 1. The summed E-state index contributed by atoms with van der Waals surface area (Å²) in [6.07, 6.45) is 11.1. The van der Waals surface area contributed by atoms with Crippen LogP contribution in [0, 0.1) is 0 Å². The summed E-state index contributed by atoms with van der Waals surface area (Å²) in [7, 11) is 4.39. The molecule has 1 saturated carbocycles. The summed E-state index contributed by atoms with van der Waals surface area (Å²) in [6.45, 7) is 1.10. The molecular formula is C17H29N3. The van der Waals surface area contributed by atoms with E-state index in [2.05, 4.69) is 41.4 Å². The first kappa shape index (κ1) is 15.5. The summed E-state index contributed by atoms with van der Waals surface area (Å²) in [5.74, 6) is 0. The maximum atomic E-state index is 4.43. The van der Waals surface area contributed by atoms with Crippen molar-refractivity contribution in [2.75, 3.05) is 20.6 Å². The van der Waals surface area contributed by atoms with Crippen LogP contribution in [-0.2, 0) is 6.42 Å². The number of nitrogens with zero attached hydrogens (tertiary/aromatic N) is 2. The van der Waals surface area contributed by atoms with Crippen LogP contribution in [-0.4, -0.2) is 42.6 Å². The van der Waals surface area contributed by atoms with Gasteiger partial charge in [0.25, 0.3) is 0 Å². The second kappa shape index (κ2) is 8.38. The first-order valence-electron chi connectivity index (χ1n) is 8.08. The number of likely N-dealkylation sites (N-methyl/N-ethyl adjacent to an activating group) is 2. The van der Waals surface area contributed by atoms with Crippen molar-refractivity contribution >= 4 is 0 Å². The van der Waals surface area contributed by atoms with Gasteiger partial charge in [-0.1, -0.05) is 31.7 Å². The van der Waals surface area contributed by atoms with E-state index in [1.165, 1.54) is 44.2 Å². The van der Waals surface area contributed by atoms with Crippen LogP contribution >= 0.6 is 0 Å². The Morgan fingerprint density at radius 2 is 2.00 bits per heavy atom. The Bertz CT molecular complexity index is 366. The molecule has 0 spiro atoms. The van der Waals surface area contributed by atoms with Gasteiger partial charge in [0.05, 0.1) is 0 Å². The lowest BCUT2D eigenvalue weighted by atomic mass is 9.91. The van der Waals surface area contributed by atoms with Gasteiger partial charge >= 0.3 is 0 Å². The van der Waals surface area contributed by atoms with Crippen molar-refractivity contribution in [2.24, 2.45) is 0 Å². The molecule has 2 atom stereocenters. The van der Waals surface area contributed by atoms with Gasteiger partial charge in [0.2, 0.25) is 0 Å². The lowest BCUT2D eigenvalue weighted by Gasteiger charge is -2.36. The maximum Gasteiger partial charge on any atom is 0.0416 e. The third-order valence-electron chi connectivity index (χ3n) is 4.61. The van der Waals surface area contributed by atoms with Crippen LogP contribution < -0.4 is 5.32 Å². The summed E-state index contributed by atoms with van der Waals surface area (Å²) in [4.78, 5) is 6.97. The molecule has 1 N–H and O–H groups in total. The first-order chi connectivity index (χ1) is 9.81. The fourth-order valence-corrected chi connectivity index (χ4v) is 3.33. The van der Waals surface area contributed by atoms with E-state index >= 15 is 0 Å². The Morgan fingerprint density at radius 3 is 2.70 bits per heavy atom. The van der Waals surface area contributed by atoms with Crippen LogP contribution in [0.4, 0.5) is 0 Å². The smallest absolute Gasteiger partial charge is 0.0416 e. The summed E-state index contributed by atoms with van der Waals surface area (Å²) in [6, 6.07) is 7.50. The SMILES string of the molecule is CNC1CCCCCCC1N(C)CCc1ccccn1. The second-order valence-corrected chi connectivity index (χ2v) is 6.01. The molecule has 1 aliphatic carbocycles. The predicted molar refractivity (Wildman–Crippen MR) is 84.9 cm³/mol. The monoisotopic (exact) mass is 275 g/mol. The number of hydrogen-bond acceptors (Lipinski definition) is 3. The average Bonchev–Trinajstić information content (AvgIpc) is 2.46. The van der Waals surface area contributed by atoms with Gasteiger partial charge in [0.15, 0.2) is 0 Å². The molecule has 20 heavy (non-hydrogen) atoms. The van der Waals surface area contributed by atoms with Crippen molar-refractivity contribution in [1.29, 1.82) is 0 Å². The predicted octanol–water partition coefficient (Wildman–Crippen LogP) is 2.87. The van der Waals surface area contributed by atoms with Crippen LogP contribution in [0.5, 0.6) is 0 Å². The summed E-state index contributed by atoms with van der Waals surface area (Å²) < 4.78 is 0. The minimum absolute atomic E-state index is 0.643. The van der Waals surface area contributed by atoms with Crippen LogP contribution in [0.2, 0.25) is 0 Å². The molecule has 2 rings (SSSR count). The van der Waals surface area contributed by atoms with Crippen molar-refractivity contribution in [1.82, 2.24) is 15.2 Å². The van der Waals surface area contributed by atoms with E-state index in [9.17, 15) is 0 Å². The zero-order valence-corrected chi connectivity index (χ0v) is 13.0. The van der Waals surface area contributed by atoms with Crippen LogP contribution in [0.15, 0.2) is 24.4 Å². The Labute approximate surface area is 123 Å². The van der Waals surface area contributed by atoms with Gasteiger partial charge in [-0.3, -0.25) is 4.98 Å². The third kappa shape index (κ3) is 4.57. The van der Waals surface area contributed by atoms with E-state index in [4.69, 9.17) is 0 Å². The van der Waals surface area contributed by atoms with Gasteiger partial charge in [0.1, 0.15) is 0 Å². The molecule has 0 saturated heterocycles. The summed E-state index contributed by atoms with van der Waals surface area (Å²) in [5.41, 5.74) is 1.20. The molecule has 2 unspecified atom stereocenters. The molecule has 1 aromatic heterocycles. The molecule has 1 heterocycles.